The van der Waals surface area contributed by atoms with Gasteiger partial charge in [-0.1, -0.05) is 26.8 Å². The van der Waals surface area contributed by atoms with Crippen LogP contribution in [0.2, 0.25) is 0 Å². The lowest BCUT2D eigenvalue weighted by Crippen LogP contribution is -2.14. The van der Waals surface area contributed by atoms with E-state index in [4.69, 9.17) is 0 Å². The van der Waals surface area contributed by atoms with Gasteiger partial charge in [-0.15, -0.1) is 0 Å². The summed E-state index contributed by atoms with van der Waals surface area (Å²) in [5.74, 6) is -0.0319. The minimum atomic E-state index is -2.82. The van der Waals surface area contributed by atoms with Crippen molar-refractivity contribution in [2.24, 2.45) is 0 Å². The fraction of sp³-hybridized carbons (Fsp3) is 0.545. The molecule has 0 bridgehead atoms. The van der Waals surface area contributed by atoms with Crippen molar-refractivity contribution in [3.8, 4) is 5.88 Å². The van der Waals surface area contributed by atoms with Gasteiger partial charge >= 0.3 is 6.61 Å². The molecule has 0 amide bonds. The third-order valence-electron chi connectivity index (χ3n) is 2.08. The summed E-state index contributed by atoms with van der Waals surface area (Å²) in [6, 6.07) is 3.25. The standard InChI is InChI=1S/C11H15F2NO/c1-7-8(11(2,3)4)5-6-9(14-7)15-10(12)13/h5-6,10H,1-4H3. The van der Waals surface area contributed by atoms with Gasteiger partial charge in [-0.3, -0.25) is 0 Å². The first-order valence-electron chi connectivity index (χ1n) is 4.73. The Morgan fingerprint density at radius 2 is 1.87 bits per heavy atom. The van der Waals surface area contributed by atoms with Crippen molar-refractivity contribution >= 4 is 0 Å². The highest BCUT2D eigenvalue weighted by molar-refractivity contribution is 5.30. The zero-order chi connectivity index (χ0) is 11.6. The van der Waals surface area contributed by atoms with E-state index in [2.05, 4.69) is 9.72 Å². The normalized spacial score (nSPS) is 11.9. The Hall–Kier alpha value is -1.19. The molecule has 0 aromatic carbocycles. The van der Waals surface area contributed by atoms with Gasteiger partial charge in [-0.2, -0.15) is 8.78 Å². The van der Waals surface area contributed by atoms with Crippen LogP contribution in [0.25, 0.3) is 0 Å². The Morgan fingerprint density at radius 1 is 1.27 bits per heavy atom. The van der Waals surface area contributed by atoms with Crippen LogP contribution < -0.4 is 4.74 Å². The summed E-state index contributed by atoms with van der Waals surface area (Å²) < 4.78 is 28.1. The molecule has 0 aliphatic heterocycles. The molecule has 0 radical (unpaired) electrons. The predicted molar refractivity (Wildman–Crippen MR) is 54.3 cm³/mol. The molecular formula is C11H15F2NO. The molecular weight excluding hydrogens is 200 g/mol. The maximum atomic E-state index is 11.9. The van der Waals surface area contributed by atoms with Crippen molar-refractivity contribution in [2.75, 3.05) is 0 Å². The molecule has 4 heteroatoms. The fourth-order valence-corrected chi connectivity index (χ4v) is 1.49. The highest BCUT2D eigenvalue weighted by Crippen LogP contribution is 2.26. The van der Waals surface area contributed by atoms with Crippen LogP contribution >= 0.6 is 0 Å². The highest BCUT2D eigenvalue weighted by Gasteiger charge is 2.17. The Balaban J connectivity index is 2.99. The Labute approximate surface area is 88.3 Å². The van der Waals surface area contributed by atoms with Crippen LogP contribution in [0.4, 0.5) is 8.78 Å². The quantitative estimate of drug-likeness (QED) is 0.755. The van der Waals surface area contributed by atoms with Gasteiger partial charge in [0.25, 0.3) is 0 Å². The fourth-order valence-electron chi connectivity index (χ4n) is 1.49. The summed E-state index contributed by atoms with van der Waals surface area (Å²) in [6.45, 7) is 5.11. The van der Waals surface area contributed by atoms with Crippen LogP contribution in [0.3, 0.4) is 0 Å². The number of aromatic nitrogens is 1. The number of rotatable bonds is 2. The zero-order valence-electron chi connectivity index (χ0n) is 9.34. The zero-order valence-corrected chi connectivity index (χ0v) is 9.34. The van der Waals surface area contributed by atoms with E-state index in [1.54, 1.807) is 13.0 Å². The van der Waals surface area contributed by atoms with Crippen molar-refractivity contribution < 1.29 is 13.5 Å². The Bertz CT molecular complexity index is 345. The molecule has 0 saturated heterocycles. The lowest BCUT2D eigenvalue weighted by Gasteiger charge is -2.21. The van der Waals surface area contributed by atoms with E-state index in [1.807, 2.05) is 20.8 Å². The van der Waals surface area contributed by atoms with Gasteiger partial charge in [0.15, 0.2) is 0 Å². The average Bonchev–Trinajstić information content (AvgIpc) is 1.99. The van der Waals surface area contributed by atoms with E-state index in [0.29, 0.717) is 0 Å². The second kappa shape index (κ2) is 4.13. The molecule has 0 spiro atoms. The van der Waals surface area contributed by atoms with Gasteiger partial charge in [0.05, 0.1) is 0 Å². The first kappa shape index (κ1) is 11.9. The molecule has 0 fully saturated rings. The topological polar surface area (TPSA) is 22.1 Å². The number of nitrogens with zero attached hydrogens (tertiary/aromatic N) is 1. The first-order valence-corrected chi connectivity index (χ1v) is 4.73. The minimum absolute atomic E-state index is 0.0319. The van der Waals surface area contributed by atoms with Crippen LogP contribution in [0.1, 0.15) is 32.0 Å². The third kappa shape index (κ3) is 3.15. The summed E-state index contributed by atoms with van der Waals surface area (Å²) in [6.07, 6.45) is 0. The number of hydrogen-bond acceptors (Lipinski definition) is 2. The van der Waals surface area contributed by atoms with Crippen LogP contribution in [0.5, 0.6) is 5.88 Å². The van der Waals surface area contributed by atoms with E-state index in [0.717, 1.165) is 11.3 Å². The molecule has 0 atom stereocenters. The van der Waals surface area contributed by atoms with E-state index in [1.165, 1.54) is 6.07 Å². The lowest BCUT2D eigenvalue weighted by atomic mass is 9.86. The maximum absolute atomic E-state index is 11.9. The largest absolute Gasteiger partial charge is 0.417 e. The summed E-state index contributed by atoms with van der Waals surface area (Å²) in [5, 5.41) is 0. The van der Waals surface area contributed by atoms with E-state index < -0.39 is 6.61 Å². The molecule has 1 heterocycles. The van der Waals surface area contributed by atoms with Crippen LogP contribution in [-0.2, 0) is 5.41 Å². The molecule has 0 saturated carbocycles. The first-order chi connectivity index (χ1) is 6.80. The predicted octanol–water partition coefficient (Wildman–Crippen LogP) is 3.29. The van der Waals surface area contributed by atoms with E-state index >= 15 is 0 Å². The van der Waals surface area contributed by atoms with Gasteiger partial charge < -0.3 is 4.74 Å². The molecule has 0 N–H and O–H groups in total. The molecule has 15 heavy (non-hydrogen) atoms. The summed E-state index contributed by atoms with van der Waals surface area (Å²) in [5.41, 5.74) is 1.71. The number of hydrogen-bond donors (Lipinski definition) is 0. The van der Waals surface area contributed by atoms with E-state index in [-0.39, 0.29) is 11.3 Å². The summed E-state index contributed by atoms with van der Waals surface area (Å²) >= 11 is 0. The SMILES string of the molecule is Cc1nc(OC(F)F)ccc1C(C)(C)C. The van der Waals surface area contributed by atoms with Crippen molar-refractivity contribution in [3.63, 3.8) is 0 Å². The molecule has 2 nitrogen and oxygen atoms in total. The van der Waals surface area contributed by atoms with Crippen LogP contribution in [0.15, 0.2) is 12.1 Å². The number of ether oxygens (including phenoxy) is 1. The maximum Gasteiger partial charge on any atom is 0.388 e. The van der Waals surface area contributed by atoms with Crippen molar-refractivity contribution in [1.82, 2.24) is 4.98 Å². The van der Waals surface area contributed by atoms with Crippen molar-refractivity contribution in [2.45, 2.75) is 39.7 Å². The average molecular weight is 215 g/mol. The molecule has 84 valence electrons. The van der Waals surface area contributed by atoms with Crippen LogP contribution in [0, 0.1) is 6.92 Å². The second-order valence-corrected chi connectivity index (χ2v) is 4.41. The number of alkyl halides is 2. The van der Waals surface area contributed by atoms with Gasteiger partial charge in [-0.05, 0) is 17.9 Å². The highest BCUT2D eigenvalue weighted by atomic mass is 19.3. The molecule has 1 aromatic rings. The summed E-state index contributed by atoms with van der Waals surface area (Å²) in [7, 11) is 0. The number of aryl methyl sites for hydroxylation is 1. The van der Waals surface area contributed by atoms with Crippen molar-refractivity contribution in [1.29, 1.82) is 0 Å². The molecule has 0 unspecified atom stereocenters. The minimum Gasteiger partial charge on any atom is -0.417 e. The smallest absolute Gasteiger partial charge is 0.388 e. The summed E-state index contributed by atoms with van der Waals surface area (Å²) in [4.78, 5) is 3.98. The Morgan fingerprint density at radius 3 is 2.27 bits per heavy atom. The molecule has 0 aliphatic carbocycles. The monoisotopic (exact) mass is 215 g/mol. The molecule has 1 aromatic heterocycles. The van der Waals surface area contributed by atoms with Gasteiger partial charge in [-0.25, -0.2) is 4.98 Å². The molecule has 1 rings (SSSR count). The number of pyridine rings is 1. The third-order valence-corrected chi connectivity index (χ3v) is 2.08. The molecule has 0 aliphatic rings. The van der Waals surface area contributed by atoms with E-state index in [9.17, 15) is 8.78 Å². The van der Waals surface area contributed by atoms with Gasteiger partial charge in [0.1, 0.15) is 0 Å². The Kier molecular flexibility index (Phi) is 3.27. The number of halogens is 2. The second-order valence-electron chi connectivity index (χ2n) is 4.41. The van der Waals surface area contributed by atoms with Gasteiger partial charge in [0, 0.05) is 11.8 Å². The lowest BCUT2D eigenvalue weighted by molar-refractivity contribution is -0.0529. The van der Waals surface area contributed by atoms with Crippen molar-refractivity contribution in [3.05, 3.63) is 23.4 Å². The van der Waals surface area contributed by atoms with Crippen LogP contribution in [-0.4, -0.2) is 11.6 Å². The van der Waals surface area contributed by atoms with Gasteiger partial charge in [0.2, 0.25) is 5.88 Å².